The van der Waals surface area contributed by atoms with Gasteiger partial charge in [-0.25, -0.2) is 8.42 Å². The van der Waals surface area contributed by atoms with E-state index in [1.807, 2.05) is 7.05 Å². The van der Waals surface area contributed by atoms with Crippen molar-refractivity contribution < 1.29 is 8.42 Å². The molecule has 1 saturated heterocycles. The Morgan fingerprint density at radius 2 is 2.33 bits per heavy atom. The topological polar surface area (TPSA) is 67.2 Å². The van der Waals surface area contributed by atoms with Crippen molar-refractivity contribution in [3.05, 3.63) is 12.3 Å². The number of sulfonamides is 1. The predicted octanol–water partition coefficient (Wildman–Crippen LogP) is 0.0402. The standard InChI is InChI=1S/C11H20N4O2S/c1-12-8-10-4-3-7-15(9-10)18(16,17)11-5-6-13-14(11)2/h5-6,10,12H,3-4,7-9H2,1-2H3. The van der Waals surface area contributed by atoms with Gasteiger partial charge < -0.3 is 5.32 Å². The molecule has 0 radical (unpaired) electrons. The Balaban J connectivity index is 2.18. The third kappa shape index (κ3) is 2.57. The van der Waals surface area contributed by atoms with Crippen molar-refractivity contribution in [1.29, 1.82) is 0 Å². The van der Waals surface area contributed by atoms with Crippen molar-refractivity contribution in [3.63, 3.8) is 0 Å². The lowest BCUT2D eigenvalue weighted by Crippen LogP contribution is -2.42. The monoisotopic (exact) mass is 272 g/mol. The Hall–Kier alpha value is -0.920. The van der Waals surface area contributed by atoms with Gasteiger partial charge in [-0.15, -0.1) is 0 Å². The molecule has 1 atom stereocenters. The summed E-state index contributed by atoms with van der Waals surface area (Å²) in [5, 5.41) is 7.32. The summed E-state index contributed by atoms with van der Waals surface area (Å²) in [7, 11) is 0.157. The van der Waals surface area contributed by atoms with Crippen LogP contribution in [0.25, 0.3) is 0 Å². The minimum Gasteiger partial charge on any atom is -0.319 e. The molecule has 2 heterocycles. The zero-order valence-corrected chi connectivity index (χ0v) is 11.7. The van der Waals surface area contributed by atoms with Gasteiger partial charge in [0.05, 0.1) is 6.20 Å². The molecule has 0 bridgehead atoms. The van der Waals surface area contributed by atoms with Crippen molar-refractivity contribution in [2.75, 3.05) is 26.7 Å². The van der Waals surface area contributed by atoms with Gasteiger partial charge in [0.2, 0.25) is 0 Å². The predicted molar refractivity (Wildman–Crippen MR) is 68.6 cm³/mol. The molecule has 1 N–H and O–H groups in total. The van der Waals surface area contributed by atoms with Crippen molar-refractivity contribution in [1.82, 2.24) is 19.4 Å². The number of aryl methyl sites for hydroxylation is 1. The fourth-order valence-electron chi connectivity index (χ4n) is 2.45. The fraction of sp³-hybridized carbons (Fsp3) is 0.727. The summed E-state index contributed by atoms with van der Waals surface area (Å²) >= 11 is 0. The Bertz CT molecular complexity index is 495. The molecule has 1 fully saturated rings. The quantitative estimate of drug-likeness (QED) is 0.840. The lowest BCUT2D eigenvalue weighted by atomic mass is 10.00. The van der Waals surface area contributed by atoms with Crippen molar-refractivity contribution in [2.24, 2.45) is 13.0 Å². The van der Waals surface area contributed by atoms with Crippen LogP contribution in [0.3, 0.4) is 0 Å². The summed E-state index contributed by atoms with van der Waals surface area (Å²) in [4.78, 5) is 0. The van der Waals surface area contributed by atoms with Crippen LogP contribution in [0, 0.1) is 5.92 Å². The first-order valence-corrected chi connectivity index (χ1v) is 7.62. The van der Waals surface area contributed by atoms with E-state index in [1.54, 1.807) is 17.4 Å². The van der Waals surface area contributed by atoms with Gasteiger partial charge in [-0.1, -0.05) is 0 Å². The molecule has 1 aliphatic rings. The molecule has 0 amide bonds. The van der Waals surface area contributed by atoms with E-state index >= 15 is 0 Å². The summed E-state index contributed by atoms with van der Waals surface area (Å²) < 4.78 is 27.9. The van der Waals surface area contributed by atoms with Crippen LogP contribution in [0.15, 0.2) is 17.3 Å². The molecule has 0 aliphatic carbocycles. The maximum Gasteiger partial charge on any atom is 0.260 e. The van der Waals surface area contributed by atoms with Crippen LogP contribution in [-0.2, 0) is 17.1 Å². The van der Waals surface area contributed by atoms with Gasteiger partial charge in [0.15, 0.2) is 5.03 Å². The fourth-order valence-corrected chi connectivity index (χ4v) is 4.10. The lowest BCUT2D eigenvalue weighted by molar-refractivity contribution is 0.262. The number of nitrogens with one attached hydrogen (secondary N) is 1. The van der Waals surface area contributed by atoms with E-state index in [0.717, 1.165) is 19.4 Å². The largest absolute Gasteiger partial charge is 0.319 e. The van der Waals surface area contributed by atoms with Gasteiger partial charge in [-0.3, -0.25) is 4.68 Å². The zero-order chi connectivity index (χ0) is 13.2. The zero-order valence-electron chi connectivity index (χ0n) is 10.8. The van der Waals surface area contributed by atoms with Gasteiger partial charge in [0, 0.05) is 20.1 Å². The Labute approximate surface area is 108 Å². The molecular formula is C11H20N4O2S. The van der Waals surface area contributed by atoms with Crippen LogP contribution in [0.5, 0.6) is 0 Å². The van der Waals surface area contributed by atoms with Gasteiger partial charge >= 0.3 is 0 Å². The van der Waals surface area contributed by atoms with Crippen LogP contribution in [0.1, 0.15) is 12.8 Å². The molecule has 0 spiro atoms. The van der Waals surface area contributed by atoms with Crippen molar-refractivity contribution in [2.45, 2.75) is 17.9 Å². The average Bonchev–Trinajstić information content (AvgIpc) is 2.77. The van der Waals surface area contributed by atoms with Crippen molar-refractivity contribution in [3.8, 4) is 0 Å². The minimum absolute atomic E-state index is 0.271. The highest BCUT2D eigenvalue weighted by molar-refractivity contribution is 7.89. The summed E-state index contributed by atoms with van der Waals surface area (Å²) in [6.45, 7) is 2.06. The highest BCUT2D eigenvalue weighted by Gasteiger charge is 2.31. The molecule has 6 nitrogen and oxygen atoms in total. The van der Waals surface area contributed by atoms with E-state index in [-0.39, 0.29) is 5.03 Å². The third-order valence-corrected chi connectivity index (χ3v) is 5.30. The normalized spacial score (nSPS) is 22.2. The highest BCUT2D eigenvalue weighted by atomic mass is 32.2. The minimum atomic E-state index is -3.39. The second-order valence-electron chi connectivity index (χ2n) is 4.72. The highest BCUT2D eigenvalue weighted by Crippen LogP contribution is 2.22. The van der Waals surface area contributed by atoms with E-state index in [2.05, 4.69) is 10.4 Å². The molecular weight excluding hydrogens is 252 g/mol. The second kappa shape index (κ2) is 5.38. The molecule has 0 aromatic carbocycles. The van der Waals surface area contributed by atoms with E-state index < -0.39 is 10.0 Å². The summed E-state index contributed by atoms with van der Waals surface area (Å²) in [5.74, 6) is 0.395. The number of aromatic nitrogens is 2. The van der Waals surface area contributed by atoms with Gasteiger partial charge in [0.1, 0.15) is 0 Å². The number of hydrogen-bond acceptors (Lipinski definition) is 4. The molecule has 102 valence electrons. The molecule has 1 aliphatic heterocycles. The van der Waals surface area contributed by atoms with Gasteiger partial charge in [-0.05, 0) is 38.4 Å². The Kier molecular flexibility index (Phi) is 4.04. The molecule has 1 aromatic rings. The Morgan fingerprint density at radius 3 is 2.94 bits per heavy atom. The Morgan fingerprint density at radius 1 is 1.56 bits per heavy atom. The van der Waals surface area contributed by atoms with E-state index in [9.17, 15) is 8.42 Å². The van der Waals surface area contributed by atoms with Crippen LogP contribution in [0.4, 0.5) is 0 Å². The smallest absolute Gasteiger partial charge is 0.260 e. The van der Waals surface area contributed by atoms with Crippen molar-refractivity contribution >= 4 is 10.0 Å². The van der Waals surface area contributed by atoms with Crippen LogP contribution >= 0.6 is 0 Å². The van der Waals surface area contributed by atoms with E-state index in [4.69, 9.17) is 0 Å². The van der Waals surface area contributed by atoms with E-state index in [1.165, 1.54) is 10.9 Å². The number of rotatable bonds is 4. The second-order valence-corrected chi connectivity index (χ2v) is 6.61. The first-order valence-electron chi connectivity index (χ1n) is 6.18. The summed E-state index contributed by atoms with van der Waals surface area (Å²) in [6.07, 6.45) is 3.52. The molecule has 1 aromatic heterocycles. The first kappa shape index (κ1) is 13.5. The van der Waals surface area contributed by atoms with Crippen LogP contribution in [-0.4, -0.2) is 49.2 Å². The third-order valence-electron chi connectivity index (χ3n) is 3.35. The van der Waals surface area contributed by atoms with Gasteiger partial charge in [-0.2, -0.15) is 9.40 Å². The molecule has 2 rings (SSSR count). The maximum absolute atomic E-state index is 12.5. The average molecular weight is 272 g/mol. The number of nitrogens with zero attached hydrogens (tertiary/aromatic N) is 3. The first-order chi connectivity index (χ1) is 8.55. The van der Waals surface area contributed by atoms with Crippen LogP contribution in [0.2, 0.25) is 0 Å². The molecule has 1 unspecified atom stereocenters. The molecule has 18 heavy (non-hydrogen) atoms. The van der Waals surface area contributed by atoms with E-state index in [0.29, 0.717) is 19.0 Å². The number of piperidine rings is 1. The molecule has 0 saturated carbocycles. The summed E-state index contributed by atoms with van der Waals surface area (Å²) in [5.41, 5.74) is 0. The maximum atomic E-state index is 12.5. The van der Waals surface area contributed by atoms with Crippen LogP contribution < -0.4 is 5.32 Å². The number of hydrogen-bond donors (Lipinski definition) is 1. The SMILES string of the molecule is CNCC1CCCN(S(=O)(=O)c2ccnn2C)C1. The lowest BCUT2D eigenvalue weighted by Gasteiger charge is -2.31. The summed E-state index contributed by atoms with van der Waals surface area (Å²) in [6, 6.07) is 1.55. The van der Waals surface area contributed by atoms with Gasteiger partial charge in [0.25, 0.3) is 10.0 Å². The molecule has 7 heteroatoms.